The maximum atomic E-state index is 12.5. The van der Waals surface area contributed by atoms with Crippen LogP contribution >= 0.6 is 0 Å². The van der Waals surface area contributed by atoms with Gasteiger partial charge in [0.25, 0.3) is 5.56 Å². The van der Waals surface area contributed by atoms with E-state index in [9.17, 15) is 4.79 Å². The number of nitrogens with zero attached hydrogens (tertiary/aromatic N) is 7. The number of hydrogen-bond acceptors (Lipinski definition) is 9. The molecule has 3 aromatic rings. The van der Waals surface area contributed by atoms with Crippen LogP contribution in [0, 0.1) is 6.92 Å². The van der Waals surface area contributed by atoms with Crippen LogP contribution in [-0.2, 0) is 0 Å². The van der Waals surface area contributed by atoms with Gasteiger partial charge in [0.2, 0.25) is 11.9 Å². The van der Waals surface area contributed by atoms with Crippen LogP contribution < -0.4 is 25.0 Å². The summed E-state index contributed by atoms with van der Waals surface area (Å²) >= 11 is 0. The first kappa shape index (κ1) is 23.1. The average Bonchev–Trinajstić information content (AvgIpc) is 2.89. The molecular formula is C25H32N8O2. The molecule has 0 bridgehead atoms. The lowest BCUT2D eigenvalue weighted by Crippen LogP contribution is -2.47. The molecule has 2 aliphatic rings. The highest BCUT2D eigenvalue weighted by Gasteiger charge is 2.21. The second-order valence-electron chi connectivity index (χ2n) is 9.09. The van der Waals surface area contributed by atoms with Crippen molar-refractivity contribution in [3.8, 4) is 17.0 Å². The molecule has 0 saturated carbocycles. The number of aromatic amines is 1. The Hall–Kier alpha value is -3.66. The number of benzene rings is 1. The molecular weight excluding hydrogens is 444 g/mol. The topological polar surface area (TPSA) is 93.7 Å². The number of likely N-dealkylation sites (N-methyl/N-ethyl adjacent to an activating group) is 1. The highest BCUT2D eigenvalue weighted by molar-refractivity contribution is 5.63. The number of aromatic nitrogens is 4. The van der Waals surface area contributed by atoms with Crippen molar-refractivity contribution in [1.29, 1.82) is 0 Å². The maximum Gasteiger partial charge on any atom is 0.252 e. The van der Waals surface area contributed by atoms with Gasteiger partial charge in [-0.25, -0.2) is 15.0 Å². The third-order valence-corrected chi connectivity index (χ3v) is 6.77. The summed E-state index contributed by atoms with van der Waals surface area (Å²) in [7, 11) is 3.80. The van der Waals surface area contributed by atoms with Crippen LogP contribution in [0.2, 0.25) is 0 Å². The van der Waals surface area contributed by atoms with Crippen molar-refractivity contribution in [2.24, 2.45) is 0 Å². The van der Waals surface area contributed by atoms with Gasteiger partial charge in [-0.1, -0.05) is 0 Å². The standard InChI is InChI=1S/C25H32N8O2/c1-18-21(17-26-24(27-18)32-10-8-30(2)9-11-32)22-16-23(34)29-25(28-22)33-14-12-31(13-15-33)19-4-6-20(35-3)7-5-19/h4-7,16-17H,8-15H2,1-3H3,(H,28,29,34). The average molecular weight is 477 g/mol. The molecule has 1 N–H and O–H groups in total. The molecule has 0 aliphatic carbocycles. The van der Waals surface area contributed by atoms with Crippen LogP contribution in [0.1, 0.15) is 5.69 Å². The third-order valence-electron chi connectivity index (χ3n) is 6.77. The van der Waals surface area contributed by atoms with Gasteiger partial charge in [-0.15, -0.1) is 0 Å². The number of piperazine rings is 2. The van der Waals surface area contributed by atoms with E-state index < -0.39 is 0 Å². The lowest BCUT2D eigenvalue weighted by atomic mass is 10.1. The predicted molar refractivity (Wildman–Crippen MR) is 138 cm³/mol. The Morgan fingerprint density at radius 2 is 1.54 bits per heavy atom. The van der Waals surface area contributed by atoms with Gasteiger partial charge in [-0.2, -0.15) is 0 Å². The Balaban J connectivity index is 1.31. The van der Waals surface area contributed by atoms with Gasteiger partial charge in [0.15, 0.2) is 0 Å². The molecule has 0 radical (unpaired) electrons. The van der Waals surface area contributed by atoms with Crippen molar-refractivity contribution in [2.45, 2.75) is 6.92 Å². The van der Waals surface area contributed by atoms with Gasteiger partial charge < -0.3 is 24.3 Å². The van der Waals surface area contributed by atoms with Crippen molar-refractivity contribution in [3.63, 3.8) is 0 Å². The highest BCUT2D eigenvalue weighted by atomic mass is 16.5. The van der Waals surface area contributed by atoms with E-state index in [1.165, 1.54) is 6.07 Å². The quantitative estimate of drug-likeness (QED) is 0.590. The van der Waals surface area contributed by atoms with Gasteiger partial charge in [0.05, 0.1) is 18.5 Å². The zero-order chi connectivity index (χ0) is 24.4. The predicted octanol–water partition coefficient (Wildman–Crippen LogP) is 1.62. The minimum absolute atomic E-state index is 0.176. The zero-order valence-electron chi connectivity index (χ0n) is 20.6. The van der Waals surface area contributed by atoms with E-state index in [4.69, 9.17) is 14.7 Å². The summed E-state index contributed by atoms with van der Waals surface area (Å²) in [5.41, 5.74) is 3.19. The molecule has 184 valence electrons. The maximum absolute atomic E-state index is 12.5. The largest absolute Gasteiger partial charge is 0.497 e. The number of H-pyrrole nitrogens is 1. The summed E-state index contributed by atoms with van der Waals surface area (Å²) in [5, 5.41) is 0. The Morgan fingerprint density at radius 1 is 0.886 bits per heavy atom. The van der Waals surface area contributed by atoms with Gasteiger partial charge >= 0.3 is 0 Å². The summed E-state index contributed by atoms with van der Waals surface area (Å²) < 4.78 is 5.26. The summed E-state index contributed by atoms with van der Waals surface area (Å²) in [4.78, 5) is 38.5. The Labute approximate surface area is 205 Å². The summed E-state index contributed by atoms with van der Waals surface area (Å²) in [6.45, 7) is 8.95. The normalized spacial score (nSPS) is 17.1. The lowest BCUT2D eigenvalue weighted by molar-refractivity contribution is 0.311. The Morgan fingerprint density at radius 3 is 2.20 bits per heavy atom. The first-order chi connectivity index (χ1) is 17.0. The second kappa shape index (κ2) is 9.91. The molecule has 2 aliphatic heterocycles. The molecule has 5 rings (SSSR count). The van der Waals surface area contributed by atoms with Gasteiger partial charge in [0.1, 0.15) is 5.75 Å². The van der Waals surface area contributed by atoms with Crippen LogP contribution in [0.25, 0.3) is 11.3 Å². The molecule has 10 nitrogen and oxygen atoms in total. The zero-order valence-corrected chi connectivity index (χ0v) is 20.6. The molecule has 0 atom stereocenters. The second-order valence-corrected chi connectivity index (χ2v) is 9.09. The van der Waals surface area contributed by atoms with Gasteiger partial charge in [-0.05, 0) is 38.2 Å². The van der Waals surface area contributed by atoms with E-state index in [-0.39, 0.29) is 5.56 Å². The van der Waals surface area contributed by atoms with E-state index in [2.05, 4.69) is 48.7 Å². The molecule has 2 saturated heterocycles. The number of methoxy groups -OCH3 is 1. The van der Waals surface area contributed by atoms with Crippen molar-refractivity contribution in [3.05, 3.63) is 52.6 Å². The highest BCUT2D eigenvalue weighted by Crippen LogP contribution is 2.24. The van der Waals surface area contributed by atoms with Gasteiger partial charge in [-0.3, -0.25) is 9.78 Å². The molecule has 0 unspecified atom stereocenters. The van der Waals surface area contributed by atoms with E-state index in [1.54, 1.807) is 13.3 Å². The number of aryl methyl sites for hydroxylation is 1. The first-order valence-electron chi connectivity index (χ1n) is 12.0. The summed E-state index contributed by atoms with van der Waals surface area (Å²) in [6.07, 6.45) is 1.79. The summed E-state index contributed by atoms with van der Waals surface area (Å²) in [5.74, 6) is 2.17. The van der Waals surface area contributed by atoms with Crippen molar-refractivity contribution < 1.29 is 4.74 Å². The Kier molecular flexibility index (Phi) is 6.54. The fourth-order valence-corrected chi connectivity index (χ4v) is 4.57. The SMILES string of the molecule is COc1ccc(N2CCN(c3nc(-c4cnc(N5CCN(C)CC5)nc4C)cc(=O)[nH]3)CC2)cc1. The number of nitrogens with one attached hydrogen (secondary N) is 1. The molecule has 0 amide bonds. The first-order valence-corrected chi connectivity index (χ1v) is 12.0. The summed E-state index contributed by atoms with van der Waals surface area (Å²) in [6, 6.07) is 9.62. The molecule has 2 fully saturated rings. The minimum atomic E-state index is -0.176. The minimum Gasteiger partial charge on any atom is -0.497 e. The van der Waals surface area contributed by atoms with E-state index in [0.717, 1.165) is 81.0 Å². The van der Waals surface area contributed by atoms with Crippen molar-refractivity contribution >= 4 is 17.6 Å². The smallest absolute Gasteiger partial charge is 0.252 e. The van der Waals surface area contributed by atoms with E-state index in [0.29, 0.717) is 11.6 Å². The van der Waals surface area contributed by atoms with E-state index >= 15 is 0 Å². The van der Waals surface area contributed by atoms with Gasteiger partial charge in [0, 0.05) is 75.9 Å². The van der Waals surface area contributed by atoms with Crippen molar-refractivity contribution in [2.75, 3.05) is 81.2 Å². The number of rotatable bonds is 5. The fraction of sp³-hybridized carbons (Fsp3) is 0.440. The van der Waals surface area contributed by atoms with Crippen LogP contribution in [-0.4, -0.2) is 91.4 Å². The van der Waals surface area contributed by atoms with Crippen LogP contribution in [0.5, 0.6) is 5.75 Å². The lowest BCUT2D eigenvalue weighted by Gasteiger charge is -2.36. The molecule has 0 spiro atoms. The molecule has 4 heterocycles. The van der Waals surface area contributed by atoms with Crippen LogP contribution in [0.3, 0.4) is 0 Å². The molecule has 1 aromatic carbocycles. The van der Waals surface area contributed by atoms with E-state index in [1.807, 2.05) is 19.1 Å². The third kappa shape index (κ3) is 5.07. The molecule has 2 aromatic heterocycles. The molecule has 10 heteroatoms. The number of ether oxygens (including phenoxy) is 1. The monoisotopic (exact) mass is 476 g/mol. The van der Waals surface area contributed by atoms with Crippen molar-refractivity contribution in [1.82, 2.24) is 24.8 Å². The fourth-order valence-electron chi connectivity index (χ4n) is 4.57. The van der Waals surface area contributed by atoms with Crippen LogP contribution in [0.4, 0.5) is 17.6 Å². The number of anilines is 3. The Bertz CT molecular complexity index is 1210. The molecule has 35 heavy (non-hydrogen) atoms. The number of hydrogen-bond donors (Lipinski definition) is 1. The van der Waals surface area contributed by atoms with Crippen LogP contribution in [0.15, 0.2) is 41.3 Å².